The summed E-state index contributed by atoms with van der Waals surface area (Å²) in [6, 6.07) is 4.24. The number of carboxylic acid groups (broad SMARTS) is 1. The van der Waals surface area contributed by atoms with Crippen molar-refractivity contribution in [2.75, 3.05) is 17.2 Å². The molecule has 0 bridgehead atoms. The molecule has 0 spiro atoms. The molecule has 1 saturated heterocycles. The van der Waals surface area contributed by atoms with Crippen molar-refractivity contribution in [3.63, 3.8) is 0 Å². The van der Waals surface area contributed by atoms with Gasteiger partial charge in [0.15, 0.2) is 0 Å². The fourth-order valence-corrected chi connectivity index (χ4v) is 2.89. The van der Waals surface area contributed by atoms with Gasteiger partial charge in [-0.25, -0.2) is 4.79 Å². The summed E-state index contributed by atoms with van der Waals surface area (Å²) in [4.78, 5) is 13.6. The smallest absolute Gasteiger partial charge is 0.337 e. The molecular weight excluding hydrogens is 240 g/mol. The van der Waals surface area contributed by atoms with E-state index in [1.54, 1.807) is 6.07 Å². The van der Waals surface area contributed by atoms with E-state index in [1.807, 2.05) is 13.0 Å². The van der Waals surface area contributed by atoms with Crippen molar-refractivity contribution in [3.8, 4) is 0 Å². The molecule has 1 unspecified atom stereocenters. The van der Waals surface area contributed by atoms with Crippen LogP contribution in [0.2, 0.25) is 0 Å². The average Bonchev–Trinajstić information content (AvgIpc) is 2.41. The summed E-state index contributed by atoms with van der Waals surface area (Å²) in [5.74, 6) is -0.951. The number of carboxylic acids is 1. The Labute approximate surface area is 114 Å². The predicted octanol–water partition coefficient (Wildman–Crippen LogP) is 3.04. The number of piperidine rings is 1. The highest BCUT2D eigenvalue weighted by atomic mass is 16.4. The van der Waals surface area contributed by atoms with E-state index in [0.29, 0.717) is 11.7 Å². The van der Waals surface area contributed by atoms with Crippen molar-refractivity contribution in [2.24, 2.45) is 0 Å². The van der Waals surface area contributed by atoms with Crippen LogP contribution in [0.3, 0.4) is 0 Å². The minimum atomic E-state index is -0.951. The fourth-order valence-electron chi connectivity index (χ4n) is 2.89. The van der Waals surface area contributed by atoms with Crippen LogP contribution in [0.25, 0.3) is 0 Å². The number of anilines is 2. The molecule has 1 heterocycles. The monoisotopic (exact) mass is 262 g/mol. The zero-order valence-electron chi connectivity index (χ0n) is 11.6. The third-order valence-corrected chi connectivity index (χ3v) is 4.03. The Hall–Kier alpha value is -1.71. The number of carbonyl (C=O) groups is 1. The first-order valence-electron chi connectivity index (χ1n) is 6.94. The lowest BCUT2D eigenvalue weighted by molar-refractivity contribution is 0.0698. The highest BCUT2D eigenvalue weighted by Gasteiger charge is 2.23. The van der Waals surface area contributed by atoms with Crippen LogP contribution < -0.4 is 10.6 Å². The lowest BCUT2D eigenvalue weighted by atomic mass is 9.97. The van der Waals surface area contributed by atoms with Gasteiger partial charge in [0.05, 0.1) is 5.56 Å². The molecule has 1 atom stereocenters. The Balaban J connectivity index is 2.41. The Morgan fingerprint density at radius 2 is 2.21 bits per heavy atom. The van der Waals surface area contributed by atoms with E-state index >= 15 is 0 Å². The van der Waals surface area contributed by atoms with E-state index < -0.39 is 5.97 Å². The first-order valence-corrected chi connectivity index (χ1v) is 6.94. The Morgan fingerprint density at radius 1 is 1.47 bits per heavy atom. The van der Waals surface area contributed by atoms with Crippen LogP contribution in [0, 0.1) is 6.92 Å². The van der Waals surface area contributed by atoms with Gasteiger partial charge < -0.3 is 15.7 Å². The summed E-state index contributed by atoms with van der Waals surface area (Å²) >= 11 is 0. The van der Waals surface area contributed by atoms with Gasteiger partial charge in [-0.05, 0) is 50.3 Å². The quantitative estimate of drug-likeness (QED) is 0.822. The molecule has 1 aliphatic heterocycles. The van der Waals surface area contributed by atoms with Crippen molar-refractivity contribution in [1.29, 1.82) is 0 Å². The summed E-state index contributed by atoms with van der Waals surface area (Å²) < 4.78 is 0. The normalized spacial score (nSPS) is 19.5. The third kappa shape index (κ3) is 2.67. The van der Waals surface area contributed by atoms with Gasteiger partial charge in [-0.3, -0.25) is 0 Å². The van der Waals surface area contributed by atoms with E-state index in [0.717, 1.165) is 24.2 Å². The standard InChI is InChI=1S/C15H22N2O2/c1-3-11-6-4-5-7-17(11)12-8-10(2)14(16)13(9-12)15(18)19/h8-9,11H,3-7,16H2,1-2H3,(H,18,19). The number of nitrogens with zero attached hydrogens (tertiary/aromatic N) is 1. The van der Waals surface area contributed by atoms with E-state index in [1.165, 1.54) is 19.3 Å². The van der Waals surface area contributed by atoms with Gasteiger partial charge in [-0.2, -0.15) is 0 Å². The van der Waals surface area contributed by atoms with E-state index in [4.69, 9.17) is 5.73 Å². The molecule has 4 heteroatoms. The minimum absolute atomic E-state index is 0.218. The Bertz CT molecular complexity index is 485. The van der Waals surface area contributed by atoms with Crippen LogP contribution in [0.4, 0.5) is 11.4 Å². The number of rotatable bonds is 3. The Morgan fingerprint density at radius 3 is 2.84 bits per heavy atom. The number of aromatic carboxylic acids is 1. The molecule has 104 valence electrons. The number of aryl methyl sites for hydroxylation is 1. The number of nitrogens with two attached hydrogens (primary N) is 1. The first-order chi connectivity index (χ1) is 9.04. The summed E-state index contributed by atoms with van der Waals surface area (Å²) in [5.41, 5.74) is 8.28. The average molecular weight is 262 g/mol. The van der Waals surface area contributed by atoms with Crippen LogP contribution in [0.1, 0.15) is 48.5 Å². The largest absolute Gasteiger partial charge is 0.478 e. The van der Waals surface area contributed by atoms with Gasteiger partial charge in [0.2, 0.25) is 0 Å². The summed E-state index contributed by atoms with van der Waals surface area (Å²) in [6.45, 7) is 5.06. The van der Waals surface area contributed by atoms with E-state index in [-0.39, 0.29) is 5.56 Å². The summed E-state index contributed by atoms with van der Waals surface area (Å²) in [6.07, 6.45) is 4.70. The first kappa shape index (κ1) is 13.7. The van der Waals surface area contributed by atoms with Crippen molar-refractivity contribution in [2.45, 2.75) is 45.6 Å². The predicted molar refractivity (Wildman–Crippen MR) is 77.8 cm³/mol. The molecule has 1 aromatic rings. The number of hydrogen-bond donors (Lipinski definition) is 2. The molecule has 4 nitrogen and oxygen atoms in total. The second kappa shape index (κ2) is 5.51. The molecule has 1 fully saturated rings. The van der Waals surface area contributed by atoms with Crippen LogP contribution >= 0.6 is 0 Å². The second-order valence-electron chi connectivity index (χ2n) is 5.28. The van der Waals surface area contributed by atoms with Gasteiger partial charge in [0.1, 0.15) is 0 Å². The van der Waals surface area contributed by atoms with Gasteiger partial charge in [-0.15, -0.1) is 0 Å². The molecule has 1 aliphatic rings. The van der Waals surface area contributed by atoms with E-state index in [2.05, 4.69) is 11.8 Å². The van der Waals surface area contributed by atoms with Crippen molar-refractivity contribution in [1.82, 2.24) is 0 Å². The maximum atomic E-state index is 11.3. The van der Waals surface area contributed by atoms with E-state index in [9.17, 15) is 9.90 Å². The fraction of sp³-hybridized carbons (Fsp3) is 0.533. The van der Waals surface area contributed by atoms with Gasteiger partial charge in [0, 0.05) is 24.0 Å². The van der Waals surface area contributed by atoms with Gasteiger partial charge in [-0.1, -0.05) is 6.92 Å². The summed E-state index contributed by atoms with van der Waals surface area (Å²) in [7, 11) is 0. The van der Waals surface area contributed by atoms with Crippen LogP contribution in [0.15, 0.2) is 12.1 Å². The molecule has 0 radical (unpaired) electrons. The molecule has 0 aliphatic carbocycles. The number of benzene rings is 1. The second-order valence-corrected chi connectivity index (χ2v) is 5.28. The van der Waals surface area contributed by atoms with Crippen LogP contribution in [-0.2, 0) is 0 Å². The van der Waals surface area contributed by atoms with Gasteiger partial charge >= 0.3 is 5.97 Å². The van der Waals surface area contributed by atoms with Crippen LogP contribution in [-0.4, -0.2) is 23.7 Å². The van der Waals surface area contributed by atoms with Gasteiger partial charge in [0.25, 0.3) is 0 Å². The van der Waals surface area contributed by atoms with Crippen molar-refractivity contribution in [3.05, 3.63) is 23.3 Å². The molecule has 19 heavy (non-hydrogen) atoms. The third-order valence-electron chi connectivity index (χ3n) is 4.03. The summed E-state index contributed by atoms with van der Waals surface area (Å²) in [5, 5.41) is 9.24. The molecule has 1 aromatic carbocycles. The molecule has 3 N–H and O–H groups in total. The topological polar surface area (TPSA) is 66.6 Å². The molecule has 2 rings (SSSR count). The molecular formula is C15H22N2O2. The zero-order valence-corrected chi connectivity index (χ0v) is 11.6. The zero-order chi connectivity index (χ0) is 14.0. The van der Waals surface area contributed by atoms with Crippen molar-refractivity contribution >= 4 is 17.3 Å². The minimum Gasteiger partial charge on any atom is -0.478 e. The maximum Gasteiger partial charge on any atom is 0.337 e. The molecule has 0 aromatic heterocycles. The number of hydrogen-bond acceptors (Lipinski definition) is 3. The highest BCUT2D eigenvalue weighted by Crippen LogP contribution is 2.31. The maximum absolute atomic E-state index is 11.3. The lowest BCUT2D eigenvalue weighted by Crippen LogP contribution is -2.39. The number of nitrogen functional groups attached to an aromatic ring is 1. The van der Waals surface area contributed by atoms with Crippen LogP contribution in [0.5, 0.6) is 0 Å². The lowest BCUT2D eigenvalue weighted by Gasteiger charge is -2.37. The highest BCUT2D eigenvalue weighted by molar-refractivity contribution is 5.95. The SMILES string of the molecule is CCC1CCCCN1c1cc(C)c(N)c(C(=O)O)c1. The molecule has 0 saturated carbocycles. The van der Waals surface area contributed by atoms with Crippen molar-refractivity contribution < 1.29 is 9.90 Å². The molecule has 0 amide bonds. The Kier molecular flexibility index (Phi) is 3.98.